The van der Waals surface area contributed by atoms with Gasteiger partial charge in [-0.3, -0.25) is 14.4 Å². The van der Waals surface area contributed by atoms with Crippen LogP contribution in [-0.2, 0) is 14.4 Å². The quantitative estimate of drug-likeness (QED) is 0.805. The number of carbonyl (C=O) groups is 3. The second-order valence-corrected chi connectivity index (χ2v) is 5.46. The molecule has 7 heteroatoms. The van der Waals surface area contributed by atoms with E-state index in [1.165, 1.54) is 34.1 Å². The molecule has 1 atom stereocenters. The molecule has 0 spiro atoms. The molecule has 1 aromatic carbocycles. The molecule has 2 amide bonds. The van der Waals surface area contributed by atoms with Crippen molar-refractivity contribution in [2.75, 3.05) is 24.5 Å². The van der Waals surface area contributed by atoms with Gasteiger partial charge in [-0.2, -0.15) is 0 Å². The lowest BCUT2D eigenvalue weighted by molar-refractivity contribution is -0.148. The molecule has 0 radical (unpaired) electrons. The zero-order chi connectivity index (χ0) is 17.0. The van der Waals surface area contributed by atoms with Crippen LogP contribution in [0.1, 0.15) is 19.8 Å². The van der Waals surface area contributed by atoms with Crippen LogP contribution in [0.3, 0.4) is 0 Å². The van der Waals surface area contributed by atoms with Gasteiger partial charge in [0.25, 0.3) is 0 Å². The Labute approximate surface area is 133 Å². The third kappa shape index (κ3) is 3.85. The molecule has 1 fully saturated rings. The lowest BCUT2D eigenvalue weighted by atomic mass is 10.1. The number of halogens is 1. The van der Waals surface area contributed by atoms with Crippen LogP contribution < -0.4 is 4.90 Å². The van der Waals surface area contributed by atoms with Crippen molar-refractivity contribution < 1.29 is 23.9 Å². The van der Waals surface area contributed by atoms with Crippen molar-refractivity contribution in [3.8, 4) is 0 Å². The molecule has 1 unspecified atom stereocenters. The third-order valence-electron chi connectivity index (χ3n) is 3.77. The van der Waals surface area contributed by atoms with Gasteiger partial charge >= 0.3 is 5.97 Å². The van der Waals surface area contributed by atoms with E-state index in [0.29, 0.717) is 31.6 Å². The van der Waals surface area contributed by atoms with Crippen LogP contribution in [0.15, 0.2) is 24.3 Å². The number of aliphatic carboxylic acids is 1. The molecule has 0 saturated carbocycles. The van der Waals surface area contributed by atoms with Crippen molar-refractivity contribution in [3.63, 3.8) is 0 Å². The zero-order valence-electron chi connectivity index (χ0n) is 12.9. The number of hydrogen-bond acceptors (Lipinski definition) is 3. The van der Waals surface area contributed by atoms with Crippen LogP contribution in [0.5, 0.6) is 0 Å². The standard InChI is InChI=1S/C16H19FN2O4/c1-2-8-18(10-14(20)21)15(22)13-7-9-19(16(13)23)12-5-3-11(17)4-6-12/h3-6,13H,2,7-10H2,1H3,(H,20,21). The van der Waals surface area contributed by atoms with Crippen molar-refractivity contribution in [2.45, 2.75) is 19.8 Å². The lowest BCUT2D eigenvalue weighted by Crippen LogP contribution is -2.43. The molecule has 1 aliphatic rings. The third-order valence-corrected chi connectivity index (χ3v) is 3.77. The normalized spacial score (nSPS) is 17.4. The van der Waals surface area contributed by atoms with Gasteiger partial charge in [0, 0.05) is 18.8 Å². The topological polar surface area (TPSA) is 77.9 Å². The minimum absolute atomic E-state index is 0.297. The van der Waals surface area contributed by atoms with Crippen LogP contribution in [-0.4, -0.2) is 47.4 Å². The summed E-state index contributed by atoms with van der Waals surface area (Å²) >= 11 is 0. The first kappa shape index (κ1) is 16.9. The second kappa shape index (κ2) is 7.21. The van der Waals surface area contributed by atoms with Crippen molar-refractivity contribution in [3.05, 3.63) is 30.1 Å². The summed E-state index contributed by atoms with van der Waals surface area (Å²) in [5, 5.41) is 8.90. The second-order valence-electron chi connectivity index (χ2n) is 5.46. The molecule has 1 heterocycles. The Balaban J connectivity index is 2.12. The summed E-state index contributed by atoms with van der Waals surface area (Å²) in [5.74, 6) is -3.20. The molecule has 124 valence electrons. The molecule has 1 aromatic rings. The highest BCUT2D eigenvalue weighted by Gasteiger charge is 2.39. The monoisotopic (exact) mass is 322 g/mol. The van der Waals surface area contributed by atoms with Gasteiger partial charge < -0.3 is 14.9 Å². The maximum atomic E-state index is 13.0. The van der Waals surface area contributed by atoms with Gasteiger partial charge in [-0.15, -0.1) is 0 Å². The highest BCUT2D eigenvalue weighted by atomic mass is 19.1. The van der Waals surface area contributed by atoms with Crippen LogP contribution in [0.25, 0.3) is 0 Å². The Hall–Kier alpha value is -2.44. The van der Waals surface area contributed by atoms with E-state index in [2.05, 4.69) is 0 Å². The summed E-state index contributed by atoms with van der Waals surface area (Å²) in [7, 11) is 0. The zero-order valence-corrected chi connectivity index (χ0v) is 12.9. The number of anilines is 1. The predicted molar refractivity (Wildman–Crippen MR) is 81.4 cm³/mol. The number of rotatable bonds is 6. The molecule has 23 heavy (non-hydrogen) atoms. The maximum absolute atomic E-state index is 13.0. The van der Waals surface area contributed by atoms with Gasteiger partial charge in [-0.25, -0.2) is 4.39 Å². The van der Waals surface area contributed by atoms with Crippen LogP contribution >= 0.6 is 0 Å². The summed E-state index contributed by atoms with van der Waals surface area (Å²) < 4.78 is 13.0. The van der Waals surface area contributed by atoms with Crippen LogP contribution in [0.2, 0.25) is 0 Å². The molecule has 6 nitrogen and oxygen atoms in total. The fraction of sp³-hybridized carbons (Fsp3) is 0.438. The number of carbonyl (C=O) groups excluding carboxylic acids is 2. The van der Waals surface area contributed by atoms with E-state index in [1.807, 2.05) is 6.92 Å². The van der Waals surface area contributed by atoms with Gasteiger partial charge in [0.15, 0.2) is 0 Å². The van der Waals surface area contributed by atoms with Crippen molar-refractivity contribution in [1.29, 1.82) is 0 Å². The predicted octanol–water partition coefficient (Wildman–Crippen LogP) is 1.50. The number of benzene rings is 1. The van der Waals surface area contributed by atoms with Gasteiger partial charge in [0.05, 0.1) is 0 Å². The van der Waals surface area contributed by atoms with E-state index >= 15 is 0 Å². The summed E-state index contributed by atoms with van der Waals surface area (Å²) in [5.41, 5.74) is 0.534. The number of carboxylic acid groups (broad SMARTS) is 1. The Bertz CT molecular complexity index is 603. The highest BCUT2D eigenvalue weighted by molar-refractivity contribution is 6.09. The Morgan fingerprint density at radius 2 is 2.00 bits per heavy atom. The van der Waals surface area contributed by atoms with Crippen molar-refractivity contribution in [1.82, 2.24) is 4.90 Å². The molecule has 2 rings (SSSR count). The summed E-state index contributed by atoms with van der Waals surface area (Å²) in [6, 6.07) is 5.49. The van der Waals surface area contributed by atoms with E-state index in [1.54, 1.807) is 0 Å². The van der Waals surface area contributed by atoms with E-state index < -0.39 is 30.2 Å². The van der Waals surface area contributed by atoms with Gasteiger partial charge in [-0.1, -0.05) is 6.92 Å². The van der Waals surface area contributed by atoms with Gasteiger partial charge in [0.1, 0.15) is 18.3 Å². The highest BCUT2D eigenvalue weighted by Crippen LogP contribution is 2.26. The maximum Gasteiger partial charge on any atom is 0.323 e. The van der Waals surface area contributed by atoms with Crippen molar-refractivity contribution in [2.24, 2.45) is 5.92 Å². The van der Waals surface area contributed by atoms with E-state index in [9.17, 15) is 18.8 Å². The average Bonchev–Trinajstić information content (AvgIpc) is 2.88. The Kier molecular flexibility index (Phi) is 5.31. The number of carboxylic acids is 1. The summed E-state index contributed by atoms with van der Waals surface area (Å²) in [6.07, 6.45) is 0.941. The van der Waals surface area contributed by atoms with E-state index in [-0.39, 0.29) is 5.91 Å². The molecule has 1 N–H and O–H groups in total. The SMILES string of the molecule is CCCN(CC(=O)O)C(=O)C1CCN(c2ccc(F)cc2)C1=O. The molecule has 0 aromatic heterocycles. The minimum Gasteiger partial charge on any atom is -0.480 e. The smallest absolute Gasteiger partial charge is 0.323 e. The molecule has 0 aliphatic carbocycles. The molecular weight excluding hydrogens is 303 g/mol. The first-order valence-electron chi connectivity index (χ1n) is 7.51. The molecule has 1 saturated heterocycles. The fourth-order valence-corrected chi connectivity index (χ4v) is 2.71. The minimum atomic E-state index is -1.10. The number of nitrogens with zero attached hydrogens (tertiary/aromatic N) is 2. The molecular formula is C16H19FN2O4. The molecule has 0 bridgehead atoms. The van der Waals surface area contributed by atoms with Gasteiger partial charge in [-0.05, 0) is 37.1 Å². The Morgan fingerprint density at radius 3 is 2.57 bits per heavy atom. The number of hydrogen-bond donors (Lipinski definition) is 1. The van der Waals surface area contributed by atoms with E-state index in [0.717, 1.165) is 0 Å². The van der Waals surface area contributed by atoms with Crippen LogP contribution in [0.4, 0.5) is 10.1 Å². The van der Waals surface area contributed by atoms with E-state index in [4.69, 9.17) is 5.11 Å². The average molecular weight is 322 g/mol. The van der Waals surface area contributed by atoms with Gasteiger partial charge in [0.2, 0.25) is 11.8 Å². The van der Waals surface area contributed by atoms with Crippen molar-refractivity contribution >= 4 is 23.5 Å². The molecule has 1 aliphatic heterocycles. The largest absolute Gasteiger partial charge is 0.480 e. The lowest BCUT2D eigenvalue weighted by Gasteiger charge is -2.23. The fourth-order valence-electron chi connectivity index (χ4n) is 2.71. The first-order chi connectivity index (χ1) is 10.9. The number of amides is 2. The summed E-state index contributed by atoms with van der Waals surface area (Å²) in [6.45, 7) is 2.08. The van der Waals surface area contributed by atoms with Crippen LogP contribution in [0, 0.1) is 11.7 Å². The Morgan fingerprint density at radius 1 is 1.35 bits per heavy atom. The first-order valence-corrected chi connectivity index (χ1v) is 7.51. The summed E-state index contributed by atoms with van der Waals surface area (Å²) in [4.78, 5) is 38.5.